The maximum Gasteiger partial charge on any atom is 0.304 e. The van der Waals surface area contributed by atoms with Gasteiger partial charge in [0.05, 0.1) is 4.92 Å². The predicted octanol–water partition coefficient (Wildman–Crippen LogP) is 1.79. The van der Waals surface area contributed by atoms with E-state index in [1.54, 1.807) is 14.0 Å². The van der Waals surface area contributed by atoms with Gasteiger partial charge in [-0.05, 0) is 19.8 Å². The maximum absolute atomic E-state index is 12.1. The minimum absolute atomic E-state index is 0.0584. The molecule has 21 heavy (non-hydrogen) atoms. The highest BCUT2D eigenvalue weighted by molar-refractivity contribution is 7.91. The summed E-state index contributed by atoms with van der Waals surface area (Å²) in [6.45, 7) is 3.10. The number of methoxy groups -OCH3 is 1. The van der Waals surface area contributed by atoms with Crippen LogP contribution in [-0.4, -0.2) is 40.1 Å². The van der Waals surface area contributed by atoms with Crippen molar-refractivity contribution in [3.63, 3.8) is 0 Å². The average Bonchev–Trinajstić information content (AvgIpc) is 2.84. The molecule has 1 aromatic rings. The first-order valence-corrected chi connectivity index (χ1v) is 8.73. The fraction of sp³-hybridized carbons (Fsp3) is 0.636. The Morgan fingerprint density at radius 1 is 1.43 bits per heavy atom. The largest absolute Gasteiger partial charge is 0.385 e. The smallest absolute Gasteiger partial charge is 0.304 e. The van der Waals surface area contributed by atoms with Gasteiger partial charge in [-0.1, -0.05) is 11.3 Å². The van der Waals surface area contributed by atoms with Crippen LogP contribution in [0.2, 0.25) is 0 Å². The molecule has 0 aliphatic rings. The van der Waals surface area contributed by atoms with Crippen molar-refractivity contribution in [2.24, 2.45) is 0 Å². The minimum Gasteiger partial charge on any atom is -0.385 e. The SMILES string of the molecule is CCNc1sc(S(=O)(=O)NCCCCOC)cc1[N+](=O)[O-]. The average molecular weight is 337 g/mol. The van der Waals surface area contributed by atoms with Crippen molar-refractivity contribution >= 4 is 32.0 Å². The number of sulfonamides is 1. The summed E-state index contributed by atoms with van der Waals surface area (Å²) >= 11 is 0.860. The molecule has 10 heteroatoms. The number of thiophene rings is 1. The zero-order valence-electron chi connectivity index (χ0n) is 11.9. The van der Waals surface area contributed by atoms with Crippen molar-refractivity contribution in [1.82, 2.24) is 4.72 Å². The predicted molar refractivity (Wildman–Crippen MR) is 81.4 cm³/mol. The first-order valence-electron chi connectivity index (χ1n) is 6.43. The zero-order chi connectivity index (χ0) is 15.9. The summed E-state index contributed by atoms with van der Waals surface area (Å²) < 4.78 is 31.4. The van der Waals surface area contributed by atoms with E-state index in [4.69, 9.17) is 4.74 Å². The highest BCUT2D eigenvalue weighted by Gasteiger charge is 2.25. The van der Waals surface area contributed by atoms with E-state index < -0.39 is 14.9 Å². The van der Waals surface area contributed by atoms with E-state index in [2.05, 4.69) is 10.0 Å². The number of unbranched alkanes of at least 4 members (excludes halogenated alkanes) is 1. The van der Waals surface area contributed by atoms with Crippen LogP contribution < -0.4 is 10.0 Å². The summed E-state index contributed by atoms with van der Waals surface area (Å²) in [6, 6.07) is 1.08. The summed E-state index contributed by atoms with van der Waals surface area (Å²) in [5.74, 6) is 0. The molecule has 0 saturated carbocycles. The van der Waals surface area contributed by atoms with Gasteiger partial charge in [0.1, 0.15) is 4.21 Å². The van der Waals surface area contributed by atoms with Crippen LogP contribution in [0.5, 0.6) is 0 Å². The van der Waals surface area contributed by atoms with Gasteiger partial charge < -0.3 is 10.1 Å². The van der Waals surface area contributed by atoms with Crippen LogP contribution in [0, 0.1) is 10.1 Å². The lowest BCUT2D eigenvalue weighted by Gasteiger charge is -2.04. The monoisotopic (exact) mass is 337 g/mol. The molecule has 1 heterocycles. The molecule has 0 spiro atoms. The van der Waals surface area contributed by atoms with Crippen molar-refractivity contribution in [2.75, 3.05) is 32.1 Å². The standard InChI is InChI=1S/C11H19N3O5S2/c1-3-12-11-9(14(15)16)8-10(20-11)21(17,18)13-6-4-5-7-19-2/h8,12-13H,3-7H2,1-2H3. The quantitative estimate of drug-likeness (QED) is 0.382. The summed E-state index contributed by atoms with van der Waals surface area (Å²) in [7, 11) is -2.14. The van der Waals surface area contributed by atoms with Gasteiger partial charge in [0, 0.05) is 32.9 Å². The Kier molecular flexibility index (Phi) is 7.02. The van der Waals surface area contributed by atoms with Crippen LogP contribution in [0.4, 0.5) is 10.7 Å². The highest BCUT2D eigenvalue weighted by Crippen LogP contribution is 2.36. The first-order chi connectivity index (χ1) is 9.92. The number of nitro groups is 1. The normalized spacial score (nSPS) is 11.5. The minimum atomic E-state index is -3.72. The summed E-state index contributed by atoms with van der Waals surface area (Å²) in [4.78, 5) is 10.3. The van der Waals surface area contributed by atoms with E-state index in [0.29, 0.717) is 19.6 Å². The molecule has 0 aromatic carbocycles. The highest BCUT2D eigenvalue weighted by atomic mass is 32.2. The van der Waals surface area contributed by atoms with Crippen molar-refractivity contribution in [1.29, 1.82) is 0 Å². The van der Waals surface area contributed by atoms with E-state index in [9.17, 15) is 18.5 Å². The first kappa shape index (κ1) is 17.8. The Hall–Kier alpha value is -1.23. The molecule has 8 nitrogen and oxygen atoms in total. The van der Waals surface area contributed by atoms with Gasteiger partial charge in [-0.2, -0.15) is 0 Å². The number of anilines is 1. The molecule has 120 valence electrons. The van der Waals surface area contributed by atoms with E-state index in [1.165, 1.54) is 0 Å². The van der Waals surface area contributed by atoms with Gasteiger partial charge in [-0.25, -0.2) is 13.1 Å². The summed E-state index contributed by atoms with van der Waals surface area (Å²) in [5.41, 5.74) is -0.221. The zero-order valence-corrected chi connectivity index (χ0v) is 13.6. The summed E-state index contributed by atoms with van der Waals surface area (Å²) in [5, 5.41) is 14.0. The molecule has 0 aliphatic heterocycles. The van der Waals surface area contributed by atoms with Crippen LogP contribution >= 0.6 is 11.3 Å². The number of hydrogen-bond donors (Lipinski definition) is 2. The Labute approximate surface area is 127 Å². The fourth-order valence-electron chi connectivity index (χ4n) is 1.56. The van der Waals surface area contributed by atoms with Crippen molar-refractivity contribution < 1.29 is 18.1 Å². The van der Waals surface area contributed by atoms with Crippen molar-refractivity contribution in [2.45, 2.75) is 24.0 Å². The molecule has 2 N–H and O–H groups in total. The lowest BCUT2D eigenvalue weighted by atomic mass is 10.3. The van der Waals surface area contributed by atoms with E-state index in [0.717, 1.165) is 23.8 Å². The second-order valence-corrected chi connectivity index (χ2v) is 7.21. The van der Waals surface area contributed by atoms with E-state index in [-0.39, 0.29) is 21.4 Å². The van der Waals surface area contributed by atoms with Gasteiger partial charge in [0.15, 0.2) is 5.00 Å². The van der Waals surface area contributed by atoms with Crippen molar-refractivity contribution in [3.8, 4) is 0 Å². The third-order valence-corrected chi connectivity index (χ3v) is 5.57. The third kappa shape index (κ3) is 5.23. The maximum atomic E-state index is 12.1. The van der Waals surface area contributed by atoms with Crippen LogP contribution in [0.25, 0.3) is 0 Å². The number of rotatable bonds is 10. The molecule has 0 radical (unpaired) electrons. The third-order valence-electron chi connectivity index (χ3n) is 2.56. The van der Waals surface area contributed by atoms with Gasteiger partial charge in [-0.15, -0.1) is 0 Å². The molecular formula is C11H19N3O5S2. The number of nitrogens with one attached hydrogen (secondary N) is 2. The summed E-state index contributed by atoms with van der Waals surface area (Å²) in [6.07, 6.45) is 1.38. The van der Waals surface area contributed by atoms with E-state index in [1.807, 2.05) is 0 Å². The van der Waals surface area contributed by atoms with Gasteiger partial charge in [-0.3, -0.25) is 10.1 Å². The van der Waals surface area contributed by atoms with E-state index >= 15 is 0 Å². The topological polar surface area (TPSA) is 111 Å². The van der Waals surface area contributed by atoms with Crippen LogP contribution in [0.15, 0.2) is 10.3 Å². The van der Waals surface area contributed by atoms with Gasteiger partial charge in [0.25, 0.3) is 0 Å². The molecule has 1 rings (SSSR count). The fourth-order valence-corrected chi connectivity index (χ4v) is 4.08. The molecule has 1 aromatic heterocycles. The Morgan fingerprint density at radius 3 is 2.71 bits per heavy atom. The number of nitrogens with zero attached hydrogens (tertiary/aromatic N) is 1. The number of hydrogen-bond acceptors (Lipinski definition) is 7. The molecule has 0 unspecified atom stereocenters. The van der Waals surface area contributed by atoms with Crippen LogP contribution in [0.1, 0.15) is 19.8 Å². The second-order valence-electron chi connectivity index (χ2n) is 4.16. The Balaban J connectivity index is 2.78. The van der Waals surface area contributed by atoms with Crippen molar-refractivity contribution in [3.05, 3.63) is 16.2 Å². The van der Waals surface area contributed by atoms with Gasteiger partial charge >= 0.3 is 5.69 Å². The second kappa shape index (κ2) is 8.27. The molecule has 0 atom stereocenters. The molecule has 0 bridgehead atoms. The lowest BCUT2D eigenvalue weighted by molar-refractivity contribution is -0.383. The Morgan fingerprint density at radius 2 is 2.14 bits per heavy atom. The van der Waals surface area contributed by atoms with Crippen LogP contribution in [-0.2, 0) is 14.8 Å². The molecular weight excluding hydrogens is 318 g/mol. The molecule has 0 aliphatic carbocycles. The van der Waals surface area contributed by atoms with Gasteiger partial charge in [0.2, 0.25) is 10.0 Å². The molecule has 0 saturated heterocycles. The molecule has 0 fully saturated rings. The molecule has 0 amide bonds. The number of ether oxygens (including phenoxy) is 1. The Bertz CT molecular complexity index is 570. The lowest BCUT2D eigenvalue weighted by Crippen LogP contribution is -2.24. The van der Waals surface area contributed by atoms with Crippen LogP contribution in [0.3, 0.4) is 0 Å².